The van der Waals surface area contributed by atoms with E-state index < -0.39 is 10.0 Å². The molecular formula is C17H23N3O3S. The third-order valence-corrected chi connectivity index (χ3v) is 4.79. The Morgan fingerprint density at radius 3 is 2.38 bits per heavy atom. The van der Waals surface area contributed by atoms with Crippen molar-refractivity contribution in [2.24, 2.45) is 5.92 Å². The summed E-state index contributed by atoms with van der Waals surface area (Å²) >= 11 is 0. The number of nitrogens with zero attached hydrogens (tertiary/aromatic N) is 1. The molecule has 1 aromatic heterocycles. The van der Waals surface area contributed by atoms with E-state index in [1.54, 1.807) is 30.5 Å². The van der Waals surface area contributed by atoms with Crippen molar-refractivity contribution in [3.05, 3.63) is 42.6 Å². The molecule has 6 nitrogen and oxygen atoms in total. The van der Waals surface area contributed by atoms with Crippen molar-refractivity contribution >= 4 is 21.5 Å². The minimum atomic E-state index is -3.67. The number of methoxy groups -OCH3 is 1. The molecule has 2 N–H and O–H groups in total. The van der Waals surface area contributed by atoms with E-state index in [1.807, 2.05) is 0 Å². The second-order valence-corrected chi connectivity index (χ2v) is 7.50. The van der Waals surface area contributed by atoms with E-state index in [1.165, 1.54) is 19.2 Å². The number of pyridine rings is 1. The Morgan fingerprint density at radius 1 is 1.12 bits per heavy atom. The molecule has 130 valence electrons. The normalized spacial score (nSPS) is 11.3. The van der Waals surface area contributed by atoms with Crippen LogP contribution in [0.25, 0.3) is 0 Å². The summed E-state index contributed by atoms with van der Waals surface area (Å²) < 4.78 is 32.1. The molecule has 0 saturated carbocycles. The van der Waals surface area contributed by atoms with E-state index >= 15 is 0 Å². The van der Waals surface area contributed by atoms with Crippen LogP contribution in [-0.4, -0.2) is 27.1 Å². The highest BCUT2D eigenvalue weighted by atomic mass is 32.2. The molecule has 0 fully saturated rings. The lowest BCUT2D eigenvalue weighted by Crippen LogP contribution is -2.14. The number of hydrogen-bond acceptors (Lipinski definition) is 5. The molecule has 0 bridgehead atoms. The molecule has 0 amide bonds. The summed E-state index contributed by atoms with van der Waals surface area (Å²) in [6.07, 6.45) is 2.68. The van der Waals surface area contributed by atoms with Crippen molar-refractivity contribution < 1.29 is 13.2 Å². The van der Waals surface area contributed by atoms with Crippen LogP contribution < -0.4 is 14.8 Å². The molecule has 0 aliphatic rings. The number of rotatable bonds is 8. The van der Waals surface area contributed by atoms with Crippen molar-refractivity contribution in [2.45, 2.75) is 25.2 Å². The summed E-state index contributed by atoms with van der Waals surface area (Å²) in [5.41, 5.74) is 0.864. The van der Waals surface area contributed by atoms with Crippen LogP contribution in [0, 0.1) is 5.92 Å². The molecule has 0 aliphatic heterocycles. The van der Waals surface area contributed by atoms with E-state index in [-0.39, 0.29) is 10.7 Å². The van der Waals surface area contributed by atoms with Crippen molar-refractivity contribution in [1.82, 2.24) is 4.98 Å². The molecule has 0 unspecified atom stereocenters. The zero-order valence-corrected chi connectivity index (χ0v) is 14.9. The Kier molecular flexibility index (Phi) is 6.03. The lowest BCUT2D eigenvalue weighted by Gasteiger charge is -2.10. The van der Waals surface area contributed by atoms with Gasteiger partial charge in [0, 0.05) is 6.54 Å². The predicted octanol–water partition coefficient (Wildman–Crippen LogP) is 3.35. The number of hydrogen-bond donors (Lipinski definition) is 2. The first-order valence-corrected chi connectivity index (χ1v) is 9.26. The van der Waals surface area contributed by atoms with Gasteiger partial charge in [0.1, 0.15) is 11.6 Å². The Hall–Kier alpha value is -2.28. The van der Waals surface area contributed by atoms with Gasteiger partial charge in [0.25, 0.3) is 10.0 Å². The van der Waals surface area contributed by atoms with E-state index in [2.05, 4.69) is 28.9 Å². The van der Waals surface area contributed by atoms with Gasteiger partial charge in [-0.15, -0.1) is 0 Å². The fourth-order valence-corrected chi connectivity index (χ4v) is 3.02. The average Bonchev–Trinajstić information content (AvgIpc) is 2.56. The molecule has 0 radical (unpaired) electrons. The van der Waals surface area contributed by atoms with Crippen LogP contribution in [0.4, 0.5) is 11.5 Å². The Labute approximate surface area is 143 Å². The number of nitrogens with one attached hydrogen (secondary N) is 2. The Balaban J connectivity index is 2.01. The highest BCUT2D eigenvalue weighted by Gasteiger charge is 2.14. The first-order chi connectivity index (χ1) is 11.4. The van der Waals surface area contributed by atoms with Gasteiger partial charge in [0.15, 0.2) is 0 Å². The monoisotopic (exact) mass is 349 g/mol. The van der Waals surface area contributed by atoms with Crippen LogP contribution >= 0.6 is 0 Å². The topological polar surface area (TPSA) is 80.3 Å². The number of sulfonamides is 1. The lowest BCUT2D eigenvalue weighted by atomic mass is 10.1. The maximum absolute atomic E-state index is 12.3. The lowest BCUT2D eigenvalue weighted by molar-refractivity contribution is 0.414. The van der Waals surface area contributed by atoms with Crippen LogP contribution in [0.2, 0.25) is 0 Å². The average molecular weight is 349 g/mol. The van der Waals surface area contributed by atoms with E-state index in [0.29, 0.717) is 11.7 Å². The first kappa shape index (κ1) is 18.1. The van der Waals surface area contributed by atoms with Gasteiger partial charge in [-0.1, -0.05) is 13.8 Å². The van der Waals surface area contributed by atoms with Crippen LogP contribution in [-0.2, 0) is 10.0 Å². The van der Waals surface area contributed by atoms with Gasteiger partial charge in [-0.2, -0.15) is 0 Å². The minimum absolute atomic E-state index is 0.157. The van der Waals surface area contributed by atoms with Crippen molar-refractivity contribution in [1.29, 1.82) is 0 Å². The van der Waals surface area contributed by atoms with Gasteiger partial charge < -0.3 is 10.1 Å². The number of aromatic nitrogens is 1. The molecule has 2 aromatic rings. The predicted molar refractivity (Wildman–Crippen MR) is 96.0 cm³/mol. The SMILES string of the molecule is COc1ccc(S(=O)(=O)Nc2ccc(NCCC(C)C)cn2)cc1. The van der Waals surface area contributed by atoms with Gasteiger partial charge in [-0.25, -0.2) is 13.4 Å². The molecule has 2 rings (SSSR count). The fraction of sp³-hybridized carbons (Fsp3) is 0.353. The number of benzene rings is 1. The zero-order valence-electron chi connectivity index (χ0n) is 14.1. The standard InChI is InChI=1S/C17H23N3O3S/c1-13(2)10-11-18-14-4-9-17(19-12-14)20-24(21,22)16-7-5-15(23-3)6-8-16/h4-9,12-13,18H,10-11H2,1-3H3,(H,19,20). The van der Waals surface area contributed by atoms with Crippen LogP contribution in [0.15, 0.2) is 47.5 Å². The summed E-state index contributed by atoms with van der Waals surface area (Å²) in [6, 6.07) is 9.62. The van der Waals surface area contributed by atoms with Gasteiger partial charge in [0.05, 0.1) is 23.9 Å². The van der Waals surface area contributed by atoms with Gasteiger partial charge >= 0.3 is 0 Å². The molecule has 0 saturated heterocycles. The molecular weight excluding hydrogens is 326 g/mol. The third kappa shape index (κ3) is 5.13. The van der Waals surface area contributed by atoms with E-state index in [4.69, 9.17) is 4.74 Å². The maximum Gasteiger partial charge on any atom is 0.263 e. The molecule has 1 aromatic carbocycles. The van der Waals surface area contributed by atoms with Gasteiger partial charge in [-0.05, 0) is 48.7 Å². The highest BCUT2D eigenvalue weighted by molar-refractivity contribution is 7.92. The smallest absolute Gasteiger partial charge is 0.263 e. The summed E-state index contributed by atoms with van der Waals surface area (Å²) in [5.74, 6) is 1.50. The van der Waals surface area contributed by atoms with Crippen molar-refractivity contribution in [3.63, 3.8) is 0 Å². The van der Waals surface area contributed by atoms with Crippen molar-refractivity contribution in [2.75, 3.05) is 23.7 Å². The Morgan fingerprint density at radius 2 is 1.83 bits per heavy atom. The Bertz CT molecular complexity index is 742. The van der Waals surface area contributed by atoms with Crippen LogP contribution in [0.1, 0.15) is 20.3 Å². The second kappa shape index (κ2) is 8.01. The largest absolute Gasteiger partial charge is 0.497 e. The molecule has 1 heterocycles. The zero-order chi connectivity index (χ0) is 17.6. The second-order valence-electron chi connectivity index (χ2n) is 5.82. The maximum atomic E-state index is 12.3. The minimum Gasteiger partial charge on any atom is -0.497 e. The number of anilines is 2. The van der Waals surface area contributed by atoms with E-state index in [0.717, 1.165) is 18.7 Å². The highest BCUT2D eigenvalue weighted by Crippen LogP contribution is 2.19. The quantitative estimate of drug-likeness (QED) is 0.764. The first-order valence-electron chi connectivity index (χ1n) is 7.77. The molecule has 0 aliphatic carbocycles. The summed E-state index contributed by atoms with van der Waals surface area (Å²) in [6.45, 7) is 5.18. The summed E-state index contributed by atoms with van der Waals surface area (Å²) in [4.78, 5) is 4.30. The van der Waals surface area contributed by atoms with Crippen LogP contribution in [0.5, 0.6) is 5.75 Å². The number of ether oxygens (including phenoxy) is 1. The molecule has 0 spiro atoms. The summed E-state index contributed by atoms with van der Waals surface area (Å²) in [5, 5.41) is 3.26. The molecule has 0 atom stereocenters. The van der Waals surface area contributed by atoms with Gasteiger partial charge in [-0.3, -0.25) is 4.72 Å². The third-order valence-electron chi connectivity index (χ3n) is 3.42. The molecule has 7 heteroatoms. The fourth-order valence-electron chi connectivity index (χ4n) is 2.02. The summed E-state index contributed by atoms with van der Waals surface area (Å²) in [7, 11) is -2.14. The van der Waals surface area contributed by atoms with Crippen LogP contribution in [0.3, 0.4) is 0 Å². The van der Waals surface area contributed by atoms with Crippen molar-refractivity contribution in [3.8, 4) is 5.75 Å². The molecule has 24 heavy (non-hydrogen) atoms. The van der Waals surface area contributed by atoms with E-state index in [9.17, 15) is 8.42 Å². The van der Waals surface area contributed by atoms with Gasteiger partial charge in [0.2, 0.25) is 0 Å².